The van der Waals surface area contributed by atoms with Crippen LogP contribution in [0.15, 0.2) is 6.07 Å². The smallest absolute Gasteiger partial charge is 0.144 e. The van der Waals surface area contributed by atoms with Crippen molar-refractivity contribution in [1.82, 2.24) is 0 Å². The molecule has 19 heavy (non-hydrogen) atoms. The van der Waals surface area contributed by atoms with Gasteiger partial charge in [0, 0.05) is 0 Å². The maximum Gasteiger partial charge on any atom is 0.144 e. The molecule has 1 fully saturated rings. The Bertz CT molecular complexity index is 445. The van der Waals surface area contributed by atoms with Crippen LogP contribution in [-0.4, -0.2) is 0 Å². The molecule has 106 valence electrons. The van der Waals surface area contributed by atoms with Crippen LogP contribution in [0.2, 0.25) is 5.02 Å². The third-order valence-corrected chi connectivity index (χ3v) is 5.04. The second-order valence-corrected chi connectivity index (χ2v) is 6.66. The molecule has 0 spiro atoms. The van der Waals surface area contributed by atoms with Gasteiger partial charge in [-0.15, -0.1) is 0 Å². The van der Waals surface area contributed by atoms with Crippen LogP contribution in [0.4, 0.5) is 4.39 Å². The Morgan fingerprint density at radius 3 is 2.42 bits per heavy atom. The Morgan fingerprint density at radius 1 is 1.16 bits per heavy atom. The first-order chi connectivity index (χ1) is 8.99. The zero-order valence-electron chi connectivity index (χ0n) is 12.2. The van der Waals surface area contributed by atoms with Crippen molar-refractivity contribution in [1.29, 1.82) is 0 Å². The number of hydrogen-bond acceptors (Lipinski definition) is 0. The normalized spacial score (nSPS) is 23.6. The molecule has 0 unspecified atom stereocenters. The lowest BCUT2D eigenvalue weighted by Gasteiger charge is -2.26. The zero-order chi connectivity index (χ0) is 14.0. The van der Waals surface area contributed by atoms with E-state index in [0.717, 1.165) is 35.8 Å². The van der Waals surface area contributed by atoms with Gasteiger partial charge < -0.3 is 0 Å². The molecule has 1 aromatic carbocycles. The van der Waals surface area contributed by atoms with Gasteiger partial charge in [0.1, 0.15) is 5.82 Å². The van der Waals surface area contributed by atoms with E-state index in [1.165, 1.54) is 25.7 Å². The van der Waals surface area contributed by atoms with E-state index in [2.05, 4.69) is 6.92 Å². The van der Waals surface area contributed by atoms with E-state index in [9.17, 15) is 4.39 Å². The topological polar surface area (TPSA) is 0 Å². The monoisotopic (exact) mass is 282 g/mol. The maximum atomic E-state index is 13.9. The van der Waals surface area contributed by atoms with Crippen LogP contribution in [-0.2, 0) is 6.42 Å². The van der Waals surface area contributed by atoms with Crippen molar-refractivity contribution in [2.24, 2.45) is 11.8 Å². The average molecular weight is 283 g/mol. The van der Waals surface area contributed by atoms with Crippen molar-refractivity contribution in [3.8, 4) is 0 Å². The molecule has 1 saturated carbocycles. The summed E-state index contributed by atoms with van der Waals surface area (Å²) in [4.78, 5) is 0. The molecule has 0 atom stereocenters. The Balaban J connectivity index is 2.02. The Morgan fingerprint density at radius 2 is 1.79 bits per heavy atom. The molecule has 0 radical (unpaired) electrons. The van der Waals surface area contributed by atoms with Crippen molar-refractivity contribution in [3.05, 3.63) is 33.6 Å². The van der Waals surface area contributed by atoms with E-state index < -0.39 is 0 Å². The molecule has 0 nitrogen and oxygen atoms in total. The van der Waals surface area contributed by atoms with Crippen molar-refractivity contribution in [2.75, 3.05) is 0 Å². The van der Waals surface area contributed by atoms with E-state index in [0.29, 0.717) is 10.6 Å². The van der Waals surface area contributed by atoms with Gasteiger partial charge in [0.05, 0.1) is 5.02 Å². The van der Waals surface area contributed by atoms with Crippen LogP contribution >= 0.6 is 11.6 Å². The van der Waals surface area contributed by atoms with Crippen LogP contribution in [0.3, 0.4) is 0 Å². The molecule has 0 saturated heterocycles. The summed E-state index contributed by atoms with van der Waals surface area (Å²) in [5.41, 5.74) is 2.80. The van der Waals surface area contributed by atoms with Crippen molar-refractivity contribution >= 4 is 11.6 Å². The molecule has 0 bridgehead atoms. The molecule has 1 aliphatic carbocycles. The van der Waals surface area contributed by atoms with Gasteiger partial charge in [0.15, 0.2) is 0 Å². The molecular formula is C17H24ClF. The van der Waals surface area contributed by atoms with E-state index in [1.54, 1.807) is 6.92 Å². The van der Waals surface area contributed by atoms with Crippen molar-refractivity contribution < 1.29 is 4.39 Å². The second-order valence-electron chi connectivity index (χ2n) is 6.28. The largest absolute Gasteiger partial charge is 0.205 e. The Labute approximate surface area is 121 Å². The molecule has 0 aliphatic heterocycles. The average Bonchev–Trinajstić information content (AvgIpc) is 2.38. The highest BCUT2D eigenvalue weighted by Crippen LogP contribution is 2.33. The first-order valence-electron chi connectivity index (χ1n) is 7.43. The van der Waals surface area contributed by atoms with E-state index in [4.69, 9.17) is 11.6 Å². The highest BCUT2D eigenvalue weighted by molar-refractivity contribution is 6.31. The predicted octanol–water partition coefficient (Wildman–Crippen LogP) is 5.85. The molecule has 0 amide bonds. The summed E-state index contributed by atoms with van der Waals surface area (Å²) in [6.45, 7) is 6.16. The third kappa shape index (κ3) is 3.51. The number of hydrogen-bond donors (Lipinski definition) is 0. The first kappa shape index (κ1) is 14.8. The van der Waals surface area contributed by atoms with Gasteiger partial charge in [-0.3, -0.25) is 0 Å². The molecule has 2 rings (SSSR count). The van der Waals surface area contributed by atoms with E-state index >= 15 is 0 Å². The van der Waals surface area contributed by atoms with Gasteiger partial charge in [0.2, 0.25) is 0 Å². The number of benzene rings is 1. The summed E-state index contributed by atoms with van der Waals surface area (Å²) < 4.78 is 13.9. The van der Waals surface area contributed by atoms with Crippen molar-refractivity contribution in [3.63, 3.8) is 0 Å². The summed E-state index contributed by atoms with van der Waals surface area (Å²) >= 11 is 6.17. The number of rotatable bonds is 3. The molecule has 0 N–H and O–H groups in total. The highest BCUT2D eigenvalue weighted by Gasteiger charge is 2.19. The summed E-state index contributed by atoms with van der Waals surface area (Å²) in [6, 6.07) is 1.92. The summed E-state index contributed by atoms with van der Waals surface area (Å²) in [6.07, 6.45) is 7.41. The minimum atomic E-state index is -0.237. The van der Waals surface area contributed by atoms with Crippen LogP contribution in [0.5, 0.6) is 0 Å². The third-order valence-electron chi connectivity index (χ3n) is 4.65. The quantitative estimate of drug-likeness (QED) is 0.652. The fourth-order valence-electron chi connectivity index (χ4n) is 3.23. The van der Waals surface area contributed by atoms with E-state index in [-0.39, 0.29) is 5.82 Å². The standard InChI is InChI=1S/C17H24ClF/c1-11-4-6-14(7-5-11)8-9-15-12(2)10-13(3)17(19)16(15)18/h10-11,14H,4-9H2,1-3H3. The molecule has 0 aromatic heterocycles. The van der Waals surface area contributed by atoms with Crippen LogP contribution in [0.25, 0.3) is 0 Å². The fourth-order valence-corrected chi connectivity index (χ4v) is 3.62. The molecule has 2 heteroatoms. The van der Waals surface area contributed by atoms with Crippen LogP contribution in [0.1, 0.15) is 55.7 Å². The van der Waals surface area contributed by atoms with Gasteiger partial charge in [-0.1, -0.05) is 50.3 Å². The lowest BCUT2D eigenvalue weighted by Crippen LogP contribution is -2.13. The van der Waals surface area contributed by atoms with Gasteiger partial charge in [0.25, 0.3) is 0 Å². The van der Waals surface area contributed by atoms with Gasteiger partial charge in [-0.2, -0.15) is 0 Å². The lowest BCUT2D eigenvalue weighted by molar-refractivity contribution is 0.277. The fraction of sp³-hybridized carbons (Fsp3) is 0.647. The minimum absolute atomic E-state index is 0.237. The van der Waals surface area contributed by atoms with Gasteiger partial charge in [-0.25, -0.2) is 4.39 Å². The first-order valence-corrected chi connectivity index (χ1v) is 7.81. The Hall–Kier alpha value is -0.560. The molecule has 1 aromatic rings. The maximum absolute atomic E-state index is 13.9. The number of aryl methyl sites for hydroxylation is 2. The second kappa shape index (κ2) is 6.26. The summed E-state index contributed by atoms with van der Waals surface area (Å²) in [7, 11) is 0. The zero-order valence-corrected chi connectivity index (χ0v) is 13.0. The summed E-state index contributed by atoms with van der Waals surface area (Å²) in [5, 5.41) is 0.349. The highest BCUT2D eigenvalue weighted by atomic mass is 35.5. The minimum Gasteiger partial charge on any atom is -0.205 e. The summed E-state index contributed by atoms with van der Waals surface area (Å²) in [5.74, 6) is 1.45. The lowest BCUT2D eigenvalue weighted by atomic mass is 9.80. The molecule has 0 heterocycles. The van der Waals surface area contributed by atoms with E-state index in [1.807, 2.05) is 13.0 Å². The van der Waals surface area contributed by atoms with Gasteiger partial charge >= 0.3 is 0 Å². The van der Waals surface area contributed by atoms with Crippen molar-refractivity contribution in [2.45, 2.75) is 59.3 Å². The SMILES string of the molecule is Cc1cc(C)c(CCC2CCC(C)CC2)c(Cl)c1F. The Kier molecular flexibility index (Phi) is 4.89. The van der Waals surface area contributed by atoms with Crippen LogP contribution in [0, 0.1) is 31.5 Å². The molecular weight excluding hydrogens is 259 g/mol. The molecule has 1 aliphatic rings. The van der Waals surface area contributed by atoms with Crippen LogP contribution < -0.4 is 0 Å². The number of halogens is 2. The predicted molar refractivity (Wildman–Crippen MR) is 80.3 cm³/mol. The van der Waals surface area contributed by atoms with Gasteiger partial charge in [-0.05, 0) is 55.2 Å².